The van der Waals surface area contributed by atoms with Gasteiger partial charge in [0.25, 0.3) is 0 Å². The zero-order valence-corrected chi connectivity index (χ0v) is 15.6. The van der Waals surface area contributed by atoms with E-state index in [4.69, 9.17) is 16.7 Å². The topological polar surface area (TPSA) is 95.5 Å². The van der Waals surface area contributed by atoms with Crippen LogP contribution in [0.3, 0.4) is 0 Å². The number of hydrogen-bond acceptors (Lipinski definition) is 3. The van der Waals surface area contributed by atoms with E-state index in [1.54, 1.807) is 24.3 Å². The van der Waals surface area contributed by atoms with Crippen LogP contribution in [-0.4, -0.2) is 22.9 Å². The number of aliphatic carboxylic acids is 1. The summed E-state index contributed by atoms with van der Waals surface area (Å²) >= 11 is 5.87. The van der Waals surface area contributed by atoms with Gasteiger partial charge < -0.3 is 15.7 Å². The Balaban J connectivity index is 2.13. The van der Waals surface area contributed by atoms with Gasteiger partial charge in [-0.1, -0.05) is 54.1 Å². The third kappa shape index (κ3) is 6.75. The summed E-state index contributed by atoms with van der Waals surface area (Å²) in [5.41, 5.74) is 1.44. The first kappa shape index (κ1) is 20.5. The number of carboxylic acids is 1. The summed E-state index contributed by atoms with van der Waals surface area (Å²) < 4.78 is 0. The normalized spacial score (nSPS) is 12.7. The lowest BCUT2D eigenvalue weighted by molar-refractivity contribution is -0.137. The largest absolute Gasteiger partial charge is 0.481 e. The first-order valence-electron chi connectivity index (χ1n) is 8.44. The van der Waals surface area contributed by atoms with Gasteiger partial charge in [0, 0.05) is 11.9 Å². The molecule has 0 aromatic heterocycles. The second kappa shape index (κ2) is 9.73. The van der Waals surface area contributed by atoms with Crippen molar-refractivity contribution in [3.8, 4) is 0 Å². The van der Waals surface area contributed by atoms with Crippen LogP contribution in [0.1, 0.15) is 43.0 Å². The highest BCUT2D eigenvalue weighted by Gasteiger charge is 2.22. The van der Waals surface area contributed by atoms with Gasteiger partial charge in [0.15, 0.2) is 0 Å². The molecule has 0 aliphatic carbocycles. The summed E-state index contributed by atoms with van der Waals surface area (Å²) in [5.74, 6) is -1.65. The molecule has 2 aromatic carbocycles. The fraction of sp³-hybridized carbons (Fsp3) is 0.250. The smallest absolute Gasteiger partial charge is 0.305 e. The summed E-state index contributed by atoms with van der Waals surface area (Å²) in [6.45, 7) is 1.38. The number of nitrogens with one attached hydrogen (secondary N) is 2. The average molecular weight is 389 g/mol. The van der Waals surface area contributed by atoms with Crippen molar-refractivity contribution in [1.82, 2.24) is 10.6 Å². The van der Waals surface area contributed by atoms with Crippen LogP contribution in [0.5, 0.6) is 0 Å². The van der Waals surface area contributed by atoms with Crippen LogP contribution in [0, 0.1) is 0 Å². The van der Waals surface area contributed by atoms with Crippen molar-refractivity contribution in [2.45, 2.75) is 31.8 Å². The highest BCUT2D eigenvalue weighted by molar-refractivity contribution is 6.30. The van der Waals surface area contributed by atoms with Gasteiger partial charge in [0.05, 0.1) is 24.9 Å². The minimum Gasteiger partial charge on any atom is -0.481 e. The molecule has 142 valence electrons. The molecule has 2 rings (SSSR count). The predicted octanol–water partition coefficient (Wildman–Crippen LogP) is 3.24. The summed E-state index contributed by atoms with van der Waals surface area (Å²) in [4.78, 5) is 35.2. The monoisotopic (exact) mass is 388 g/mol. The van der Waals surface area contributed by atoms with Crippen molar-refractivity contribution in [1.29, 1.82) is 0 Å². The Morgan fingerprint density at radius 3 is 2.00 bits per heavy atom. The van der Waals surface area contributed by atoms with E-state index in [0.29, 0.717) is 10.6 Å². The Kier molecular flexibility index (Phi) is 7.37. The standard InChI is InChI=1S/C20H21ClN2O4/c1-13(24)22-17(14-5-3-2-4-6-14)11-19(25)23-18(12-20(26)27)15-7-9-16(21)10-8-15/h2-10,17-18H,11-12H2,1H3,(H,22,24)(H,23,25)(H,26,27)/t17?,18-/m0/s1. The quantitative estimate of drug-likeness (QED) is 0.646. The van der Waals surface area contributed by atoms with Crippen molar-refractivity contribution in [2.75, 3.05) is 0 Å². The van der Waals surface area contributed by atoms with E-state index >= 15 is 0 Å². The number of amides is 2. The fourth-order valence-corrected chi connectivity index (χ4v) is 2.87. The zero-order chi connectivity index (χ0) is 19.8. The Morgan fingerprint density at radius 2 is 1.44 bits per heavy atom. The van der Waals surface area contributed by atoms with Crippen LogP contribution >= 0.6 is 11.6 Å². The molecule has 0 fully saturated rings. The molecule has 0 saturated heterocycles. The first-order chi connectivity index (χ1) is 12.8. The highest BCUT2D eigenvalue weighted by Crippen LogP contribution is 2.21. The van der Waals surface area contributed by atoms with E-state index in [2.05, 4.69) is 10.6 Å². The molecule has 0 heterocycles. The Hall–Kier alpha value is -2.86. The summed E-state index contributed by atoms with van der Waals surface area (Å²) in [7, 11) is 0. The predicted molar refractivity (Wildman–Crippen MR) is 102 cm³/mol. The van der Waals surface area contributed by atoms with E-state index in [9.17, 15) is 14.4 Å². The van der Waals surface area contributed by atoms with Gasteiger partial charge in [-0.3, -0.25) is 14.4 Å². The van der Waals surface area contributed by atoms with Crippen LogP contribution in [0.15, 0.2) is 54.6 Å². The number of rotatable bonds is 8. The lowest BCUT2D eigenvalue weighted by Gasteiger charge is -2.21. The highest BCUT2D eigenvalue weighted by atomic mass is 35.5. The van der Waals surface area contributed by atoms with Gasteiger partial charge in [-0.05, 0) is 23.3 Å². The second-order valence-corrected chi connectivity index (χ2v) is 6.57. The molecule has 2 atom stereocenters. The lowest BCUT2D eigenvalue weighted by Crippen LogP contribution is -2.35. The van der Waals surface area contributed by atoms with Gasteiger partial charge in [-0.15, -0.1) is 0 Å². The van der Waals surface area contributed by atoms with Gasteiger partial charge in [0.1, 0.15) is 0 Å². The average Bonchev–Trinajstić information content (AvgIpc) is 2.61. The molecule has 0 aliphatic rings. The third-order valence-corrected chi connectivity index (χ3v) is 4.21. The van der Waals surface area contributed by atoms with Gasteiger partial charge >= 0.3 is 5.97 Å². The SMILES string of the molecule is CC(=O)NC(CC(=O)N[C@@H](CC(=O)O)c1ccc(Cl)cc1)c1ccccc1. The van der Waals surface area contributed by atoms with E-state index in [0.717, 1.165) is 5.56 Å². The van der Waals surface area contributed by atoms with Gasteiger partial charge in [-0.25, -0.2) is 0 Å². The van der Waals surface area contributed by atoms with Crippen molar-refractivity contribution in [3.63, 3.8) is 0 Å². The number of carbonyl (C=O) groups is 3. The Morgan fingerprint density at radius 1 is 0.889 bits per heavy atom. The number of carboxylic acid groups (broad SMARTS) is 1. The minimum atomic E-state index is -1.03. The van der Waals surface area contributed by atoms with E-state index in [-0.39, 0.29) is 24.7 Å². The van der Waals surface area contributed by atoms with Crippen molar-refractivity contribution < 1.29 is 19.5 Å². The molecule has 2 amide bonds. The maximum atomic E-state index is 12.6. The molecule has 7 heteroatoms. The van der Waals surface area contributed by atoms with Crippen molar-refractivity contribution >= 4 is 29.4 Å². The van der Waals surface area contributed by atoms with Gasteiger partial charge in [0.2, 0.25) is 11.8 Å². The Labute approximate surface area is 162 Å². The number of carbonyl (C=O) groups excluding carboxylic acids is 2. The molecule has 0 radical (unpaired) electrons. The molecular weight excluding hydrogens is 368 g/mol. The maximum absolute atomic E-state index is 12.6. The van der Waals surface area contributed by atoms with Crippen LogP contribution in [0.2, 0.25) is 5.02 Å². The first-order valence-corrected chi connectivity index (χ1v) is 8.81. The zero-order valence-electron chi connectivity index (χ0n) is 14.8. The third-order valence-electron chi connectivity index (χ3n) is 3.96. The summed E-state index contributed by atoms with van der Waals surface area (Å²) in [6.07, 6.45) is -0.267. The van der Waals surface area contributed by atoms with Crippen LogP contribution < -0.4 is 10.6 Å². The number of benzene rings is 2. The molecule has 2 aromatic rings. The fourth-order valence-electron chi connectivity index (χ4n) is 2.74. The molecule has 0 saturated carbocycles. The van der Waals surface area contributed by atoms with Crippen LogP contribution in [-0.2, 0) is 14.4 Å². The number of halogens is 1. The van der Waals surface area contributed by atoms with E-state index in [1.165, 1.54) is 6.92 Å². The summed E-state index contributed by atoms with van der Waals surface area (Å²) in [5, 5.41) is 15.2. The Bertz CT molecular complexity index is 793. The molecule has 0 spiro atoms. The number of hydrogen-bond donors (Lipinski definition) is 3. The van der Waals surface area contributed by atoms with Gasteiger partial charge in [-0.2, -0.15) is 0 Å². The van der Waals surface area contributed by atoms with Crippen LogP contribution in [0.25, 0.3) is 0 Å². The molecule has 27 heavy (non-hydrogen) atoms. The molecule has 0 bridgehead atoms. The molecular formula is C20H21ClN2O4. The molecule has 6 nitrogen and oxygen atoms in total. The lowest BCUT2D eigenvalue weighted by atomic mass is 10.0. The van der Waals surface area contributed by atoms with Crippen molar-refractivity contribution in [3.05, 3.63) is 70.7 Å². The molecule has 0 aliphatic heterocycles. The molecule has 3 N–H and O–H groups in total. The maximum Gasteiger partial charge on any atom is 0.305 e. The molecule has 1 unspecified atom stereocenters. The van der Waals surface area contributed by atoms with Crippen molar-refractivity contribution in [2.24, 2.45) is 0 Å². The minimum absolute atomic E-state index is 0.00664. The van der Waals surface area contributed by atoms with E-state index < -0.39 is 18.1 Å². The summed E-state index contributed by atoms with van der Waals surface area (Å²) in [6, 6.07) is 14.6. The van der Waals surface area contributed by atoms with E-state index in [1.807, 2.05) is 30.3 Å². The van der Waals surface area contributed by atoms with Crippen LogP contribution in [0.4, 0.5) is 0 Å². The second-order valence-electron chi connectivity index (χ2n) is 6.14.